The molecule has 4 heteroatoms. The first kappa shape index (κ1) is 14.8. The predicted molar refractivity (Wildman–Crippen MR) is 81.9 cm³/mol. The number of anilines is 1. The number of hydrogen-bond acceptors (Lipinski definition) is 3. The van der Waals surface area contributed by atoms with Crippen molar-refractivity contribution in [1.82, 2.24) is 10.3 Å². The van der Waals surface area contributed by atoms with E-state index in [9.17, 15) is 4.79 Å². The molecule has 0 atom stereocenters. The molecule has 1 aliphatic carbocycles. The van der Waals surface area contributed by atoms with Gasteiger partial charge >= 0.3 is 0 Å². The van der Waals surface area contributed by atoms with E-state index in [1.54, 1.807) is 6.07 Å². The molecule has 0 aromatic carbocycles. The fourth-order valence-corrected chi connectivity index (χ4v) is 2.70. The van der Waals surface area contributed by atoms with Crippen LogP contribution in [-0.4, -0.2) is 24.0 Å². The summed E-state index contributed by atoms with van der Waals surface area (Å²) in [4.78, 5) is 16.4. The van der Waals surface area contributed by atoms with Gasteiger partial charge in [0.1, 0.15) is 11.5 Å². The minimum absolute atomic E-state index is 0.0663. The summed E-state index contributed by atoms with van der Waals surface area (Å²) in [6.07, 6.45) is 5.03. The second-order valence-electron chi connectivity index (χ2n) is 5.77. The molecule has 20 heavy (non-hydrogen) atoms. The summed E-state index contributed by atoms with van der Waals surface area (Å²) < 4.78 is 0. The summed E-state index contributed by atoms with van der Waals surface area (Å²) in [6.45, 7) is 5.90. The summed E-state index contributed by atoms with van der Waals surface area (Å²) >= 11 is 0. The molecule has 1 aromatic rings. The molecule has 110 valence electrons. The van der Waals surface area contributed by atoms with Gasteiger partial charge in [-0.15, -0.1) is 0 Å². The van der Waals surface area contributed by atoms with Gasteiger partial charge in [0.25, 0.3) is 5.91 Å². The van der Waals surface area contributed by atoms with Gasteiger partial charge in [-0.3, -0.25) is 4.79 Å². The molecular formula is C16H25N3O. The van der Waals surface area contributed by atoms with Crippen LogP contribution in [0.5, 0.6) is 0 Å². The highest BCUT2D eigenvalue weighted by Gasteiger charge is 2.19. The Morgan fingerprint density at radius 3 is 2.75 bits per heavy atom. The van der Waals surface area contributed by atoms with Crippen LogP contribution in [-0.2, 0) is 0 Å². The molecule has 4 nitrogen and oxygen atoms in total. The zero-order valence-corrected chi connectivity index (χ0v) is 12.5. The summed E-state index contributed by atoms with van der Waals surface area (Å²) in [6, 6.07) is 5.50. The maximum absolute atomic E-state index is 12.1. The van der Waals surface area contributed by atoms with Crippen LogP contribution < -0.4 is 10.6 Å². The number of carbonyl (C=O) groups is 1. The number of amides is 1. The number of aromatic nitrogens is 1. The first-order chi connectivity index (χ1) is 9.69. The van der Waals surface area contributed by atoms with E-state index in [1.165, 1.54) is 25.7 Å². The molecular weight excluding hydrogens is 250 g/mol. The van der Waals surface area contributed by atoms with Crippen LogP contribution in [0.25, 0.3) is 0 Å². The highest BCUT2D eigenvalue weighted by Crippen LogP contribution is 2.27. The Labute approximate surface area is 121 Å². The Hall–Kier alpha value is -1.58. The van der Waals surface area contributed by atoms with Gasteiger partial charge in [0.15, 0.2) is 0 Å². The highest BCUT2D eigenvalue weighted by atomic mass is 16.1. The monoisotopic (exact) mass is 275 g/mol. The van der Waals surface area contributed by atoms with Crippen molar-refractivity contribution in [2.75, 3.05) is 18.4 Å². The normalized spacial score (nSPS) is 22.3. The number of hydrogen-bond donors (Lipinski definition) is 2. The van der Waals surface area contributed by atoms with Crippen LogP contribution in [0.2, 0.25) is 0 Å². The van der Waals surface area contributed by atoms with Crippen molar-refractivity contribution in [1.29, 1.82) is 0 Å². The number of nitrogens with zero attached hydrogens (tertiary/aromatic N) is 1. The topological polar surface area (TPSA) is 54.0 Å². The lowest BCUT2D eigenvalue weighted by molar-refractivity contribution is 0.0937. The average Bonchev–Trinajstić information content (AvgIpc) is 2.47. The Bertz CT molecular complexity index is 439. The molecule has 0 spiro atoms. The van der Waals surface area contributed by atoms with Crippen molar-refractivity contribution in [3.63, 3.8) is 0 Å². The molecule has 1 saturated carbocycles. The summed E-state index contributed by atoms with van der Waals surface area (Å²) in [5.41, 5.74) is 0.493. The molecule has 1 amide bonds. The first-order valence-electron chi connectivity index (χ1n) is 7.68. The van der Waals surface area contributed by atoms with Crippen LogP contribution in [0.1, 0.15) is 50.0 Å². The Morgan fingerprint density at radius 1 is 1.30 bits per heavy atom. The third kappa shape index (κ3) is 4.22. The molecule has 0 unspecified atom stereocenters. The van der Waals surface area contributed by atoms with Gasteiger partial charge in [0.2, 0.25) is 0 Å². The fraction of sp³-hybridized carbons (Fsp3) is 0.625. The standard InChI is InChI=1S/C16H25N3O/c1-3-17-15-6-4-5-14(19-15)16(20)18-11-13-9-7-12(2)8-10-13/h4-6,12-13H,3,7-11H2,1-2H3,(H,17,19)(H,18,20). The second-order valence-corrected chi connectivity index (χ2v) is 5.77. The van der Waals surface area contributed by atoms with Gasteiger partial charge in [0.05, 0.1) is 0 Å². The van der Waals surface area contributed by atoms with E-state index in [4.69, 9.17) is 0 Å². The van der Waals surface area contributed by atoms with E-state index < -0.39 is 0 Å². The largest absolute Gasteiger partial charge is 0.370 e. The van der Waals surface area contributed by atoms with Gasteiger partial charge < -0.3 is 10.6 Å². The van der Waals surface area contributed by atoms with E-state index in [2.05, 4.69) is 22.5 Å². The smallest absolute Gasteiger partial charge is 0.269 e. The molecule has 0 saturated heterocycles. The number of pyridine rings is 1. The molecule has 2 N–H and O–H groups in total. The van der Waals surface area contributed by atoms with E-state index in [0.29, 0.717) is 11.6 Å². The third-order valence-corrected chi connectivity index (χ3v) is 4.03. The van der Waals surface area contributed by atoms with Gasteiger partial charge in [-0.1, -0.05) is 25.8 Å². The van der Waals surface area contributed by atoms with Crippen LogP contribution in [0.15, 0.2) is 18.2 Å². The number of carbonyl (C=O) groups excluding carboxylic acids is 1. The van der Waals surface area contributed by atoms with E-state index in [1.807, 2.05) is 19.1 Å². The van der Waals surface area contributed by atoms with Crippen LogP contribution in [0.4, 0.5) is 5.82 Å². The quantitative estimate of drug-likeness (QED) is 0.868. The summed E-state index contributed by atoms with van der Waals surface area (Å²) in [7, 11) is 0. The van der Waals surface area contributed by atoms with Gasteiger partial charge in [0, 0.05) is 13.1 Å². The maximum Gasteiger partial charge on any atom is 0.269 e. The lowest BCUT2D eigenvalue weighted by Gasteiger charge is -2.26. The SMILES string of the molecule is CCNc1cccc(C(=O)NCC2CCC(C)CC2)n1. The van der Waals surface area contributed by atoms with Gasteiger partial charge in [-0.25, -0.2) is 4.98 Å². The minimum Gasteiger partial charge on any atom is -0.370 e. The molecule has 1 aliphatic rings. The van der Waals surface area contributed by atoms with Crippen LogP contribution in [0, 0.1) is 11.8 Å². The summed E-state index contributed by atoms with van der Waals surface area (Å²) in [5, 5.41) is 6.15. The van der Waals surface area contributed by atoms with Crippen LogP contribution >= 0.6 is 0 Å². The fourth-order valence-electron chi connectivity index (χ4n) is 2.70. The van der Waals surface area contributed by atoms with E-state index >= 15 is 0 Å². The van der Waals surface area contributed by atoms with E-state index in [-0.39, 0.29) is 5.91 Å². The van der Waals surface area contributed by atoms with Crippen molar-refractivity contribution in [2.24, 2.45) is 11.8 Å². The third-order valence-electron chi connectivity index (χ3n) is 4.03. The molecule has 2 rings (SSSR count). The van der Waals surface area contributed by atoms with Gasteiger partial charge in [-0.2, -0.15) is 0 Å². The van der Waals surface area contributed by atoms with Crippen molar-refractivity contribution >= 4 is 11.7 Å². The Kier molecular flexibility index (Phi) is 5.39. The molecule has 0 bridgehead atoms. The second kappa shape index (κ2) is 7.27. The minimum atomic E-state index is -0.0663. The lowest BCUT2D eigenvalue weighted by Crippen LogP contribution is -2.31. The molecule has 0 aliphatic heterocycles. The zero-order chi connectivity index (χ0) is 14.4. The highest BCUT2D eigenvalue weighted by molar-refractivity contribution is 5.92. The van der Waals surface area contributed by atoms with E-state index in [0.717, 1.165) is 24.8 Å². The zero-order valence-electron chi connectivity index (χ0n) is 12.5. The maximum atomic E-state index is 12.1. The van der Waals surface area contributed by atoms with Crippen molar-refractivity contribution < 1.29 is 4.79 Å². The average molecular weight is 275 g/mol. The molecule has 0 radical (unpaired) electrons. The summed E-state index contributed by atoms with van der Waals surface area (Å²) in [5.74, 6) is 2.17. The number of rotatable bonds is 5. The van der Waals surface area contributed by atoms with Crippen molar-refractivity contribution in [3.8, 4) is 0 Å². The first-order valence-corrected chi connectivity index (χ1v) is 7.68. The van der Waals surface area contributed by atoms with Crippen LogP contribution in [0.3, 0.4) is 0 Å². The van der Waals surface area contributed by atoms with Gasteiger partial charge in [-0.05, 0) is 43.7 Å². The molecule has 1 heterocycles. The Morgan fingerprint density at radius 2 is 2.05 bits per heavy atom. The molecule has 1 fully saturated rings. The van der Waals surface area contributed by atoms with Crippen molar-refractivity contribution in [3.05, 3.63) is 23.9 Å². The van der Waals surface area contributed by atoms with Crippen molar-refractivity contribution in [2.45, 2.75) is 39.5 Å². The number of nitrogens with one attached hydrogen (secondary N) is 2. The molecule has 1 aromatic heterocycles. The Balaban J connectivity index is 1.83. The predicted octanol–water partition coefficient (Wildman–Crippen LogP) is 3.07. The lowest BCUT2D eigenvalue weighted by atomic mass is 9.83.